The summed E-state index contributed by atoms with van der Waals surface area (Å²) in [5.41, 5.74) is 2.32. The van der Waals surface area contributed by atoms with E-state index in [-0.39, 0.29) is 5.91 Å². The molecule has 1 aromatic heterocycles. The lowest BCUT2D eigenvalue weighted by Crippen LogP contribution is -2.38. The average Bonchev–Trinajstić information content (AvgIpc) is 3.15. The van der Waals surface area contributed by atoms with Crippen molar-refractivity contribution in [3.63, 3.8) is 0 Å². The number of aromatic nitrogens is 3. The summed E-state index contributed by atoms with van der Waals surface area (Å²) in [5.74, 6) is 1.80. The number of amides is 1. The highest BCUT2D eigenvalue weighted by Gasteiger charge is 2.21. The van der Waals surface area contributed by atoms with E-state index in [2.05, 4.69) is 60.6 Å². The van der Waals surface area contributed by atoms with Gasteiger partial charge in [-0.05, 0) is 55.2 Å². The smallest absolute Gasteiger partial charge is 0.230 e. The van der Waals surface area contributed by atoms with Crippen molar-refractivity contribution in [2.45, 2.75) is 70.0 Å². The van der Waals surface area contributed by atoms with Crippen molar-refractivity contribution in [1.29, 1.82) is 0 Å². The van der Waals surface area contributed by atoms with E-state index >= 15 is 0 Å². The number of rotatable bonds is 7. The van der Waals surface area contributed by atoms with E-state index in [1.807, 2.05) is 4.57 Å². The Morgan fingerprint density at radius 1 is 1.22 bits per heavy atom. The van der Waals surface area contributed by atoms with Crippen molar-refractivity contribution in [3.8, 4) is 5.69 Å². The monoisotopic (exact) mass is 386 g/mol. The predicted molar refractivity (Wildman–Crippen MR) is 110 cm³/mol. The molecule has 1 aliphatic carbocycles. The van der Waals surface area contributed by atoms with E-state index in [0.717, 1.165) is 29.6 Å². The maximum atomic E-state index is 12.3. The summed E-state index contributed by atoms with van der Waals surface area (Å²) in [5, 5.41) is 12.1. The summed E-state index contributed by atoms with van der Waals surface area (Å²) in [6.45, 7) is 6.62. The molecule has 1 N–H and O–H groups in total. The van der Waals surface area contributed by atoms with Gasteiger partial charge in [-0.1, -0.05) is 51.1 Å². The van der Waals surface area contributed by atoms with Crippen LogP contribution < -0.4 is 5.32 Å². The molecule has 0 bridgehead atoms. The van der Waals surface area contributed by atoms with Crippen LogP contribution in [0.25, 0.3) is 5.69 Å². The van der Waals surface area contributed by atoms with Gasteiger partial charge in [-0.3, -0.25) is 9.36 Å². The third-order valence-corrected chi connectivity index (χ3v) is 6.42. The summed E-state index contributed by atoms with van der Waals surface area (Å²) >= 11 is 1.44. The molecule has 0 saturated heterocycles. The summed E-state index contributed by atoms with van der Waals surface area (Å²) in [6.07, 6.45) is 7.63. The van der Waals surface area contributed by atoms with Gasteiger partial charge in [0.05, 0.1) is 5.75 Å². The molecule has 0 atom stereocenters. The minimum atomic E-state index is 0.0876. The molecule has 1 fully saturated rings. The first-order valence-corrected chi connectivity index (χ1v) is 11.0. The van der Waals surface area contributed by atoms with Gasteiger partial charge in [0.15, 0.2) is 5.16 Å². The van der Waals surface area contributed by atoms with E-state index in [9.17, 15) is 4.79 Å². The molecule has 146 valence electrons. The highest BCUT2D eigenvalue weighted by atomic mass is 32.2. The highest BCUT2D eigenvalue weighted by molar-refractivity contribution is 7.99. The van der Waals surface area contributed by atoms with Crippen LogP contribution in [-0.4, -0.2) is 32.5 Å². The molecule has 5 nitrogen and oxygen atoms in total. The van der Waals surface area contributed by atoms with Gasteiger partial charge in [0, 0.05) is 11.7 Å². The van der Waals surface area contributed by atoms with Gasteiger partial charge in [0.1, 0.15) is 6.33 Å². The van der Waals surface area contributed by atoms with Crippen LogP contribution in [0.4, 0.5) is 0 Å². The normalized spacial score (nSPS) is 20.0. The molecule has 0 spiro atoms. The fourth-order valence-electron chi connectivity index (χ4n) is 3.63. The molecule has 0 aliphatic heterocycles. The van der Waals surface area contributed by atoms with Crippen molar-refractivity contribution in [2.24, 2.45) is 5.92 Å². The molecule has 1 saturated carbocycles. The summed E-state index contributed by atoms with van der Waals surface area (Å²) in [4.78, 5) is 12.3. The van der Waals surface area contributed by atoms with E-state index < -0.39 is 0 Å². The van der Waals surface area contributed by atoms with Crippen LogP contribution in [0.5, 0.6) is 0 Å². The molecule has 1 amide bonds. The van der Waals surface area contributed by atoms with Crippen molar-refractivity contribution in [1.82, 2.24) is 20.1 Å². The van der Waals surface area contributed by atoms with E-state index in [4.69, 9.17) is 0 Å². The minimum absolute atomic E-state index is 0.0876. The van der Waals surface area contributed by atoms with Gasteiger partial charge in [0.25, 0.3) is 0 Å². The zero-order valence-electron chi connectivity index (χ0n) is 16.5. The number of carbonyl (C=O) groups excluding carboxylic acids is 1. The van der Waals surface area contributed by atoms with E-state index in [1.54, 1.807) is 6.33 Å². The second-order valence-electron chi connectivity index (χ2n) is 7.71. The highest BCUT2D eigenvalue weighted by Crippen LogP contribution is 2.27. The van der Waals surface area contributed by atoms with Crippen LogP contribution >= 0.6 is 11.8 Å². The SMILES string of the molecule is CCC1CCC(NC(=O)CSc2nncn2-c2ccc(C(C)C)cc2)CC1. The second kappa shape index (κ2) is 9.40. The number of nitrogens with one attached hydrogen (secondary N) is 1. The first-order chi connectivity index (χ1) is 13.1. The van der Waals surface area contributed by atoms with Crippen molar-refractivity contribution in [2.75, 3.05) is 5.75 Å². The molecule has 3 rings (SSSR count). The van der Waals surface area contributed by atoms with Crippen molar-refractivity contribution < 1.29 is 4.79 Å². The first kappa shape index (κ1) is 19.9. The van der Waals surface area contributed by atoms with Crippen LogP contribution in [0.3, 0.4) is 0 Å². The second-order valence-corrected chi connectivity index (χ2v) is 8.65. The van der Waals surface area contributed by atoms with Crippen molar-refractivity contribution >= 4 is 17.7 Å². The third-order valence-electron chi connectivity index (χ3n) is 5.48. The summed E-state index contributed by atoms with van der Waals surface area (Å²) in [7, 11) is 0. The van der Waals surface area contributed by atoms with Gasteiger partial charge in [-0.15, -0.1) is 10.2 Å². The fraction of sp³-hybridized carbons (Fsp3) is 0.571. The number of thioether (sulfide) groups is 1. The van der Waals surface area contributed by atoms with Crippen LogP contribution in [0, 0.1) is 5.92 Å². The predicted octanol–water partition coefficient (Wildman–Crippen LogP) is 4.57. The number of benzene rings is 1. The lowest BCUT2D eigenvalue weighted by Gasteiger charge is -2.28. The third kappa shape index (κ3) is 5.34. The fourth-order valence-corrected chi connectivity index (χ4v) is 4.37. The average molecular weight is 387 g/mol. The largest absolute Gasteiger partial charge is 0.353 e. The molecule has 0 unspecified atom stereocenters. The molecular weight excluding hydrogens is 356 g/mol. The molecule has 27 heavy (non-hydrogen) atoms. The minimum Gasteiger partial charge on any atom is -0.353 e. The van der Waals surface area contributed by atoms with Gasteiger partial charge < -0.3 is 5.32 Å². The molecular formula is C21H30N4OS. The van der Waals surface area contributed by atoms with E-state index in [0.29, 0.717) is 17.7 Å². The topological polar surface area (TPSA) is 59.8 Å². The van der Waals surface area contributed by atoms with Gasteiger partial charge >= 0.3 is 0 Å². The Morgan fingerprint density at radius 3 is 2.56 bits per heavy atom. The van der Waals surface area contributed by atoms with Gasteiger partial charge in [-0.25, -0.2) is 0 Å². The lowest BCUT2D eigenvalue weighted by atomic mass is 9.84. The Morgan fingerprint density at radius 2 is 1.93 bits per heavy atom. The molecule has 1 heterocycles. The number of hydrogen-bond acceptors (Lipinski definition) is 4. The molecule has 1 aliphatic rings. The first-order valence-electron chi connectivity index (χ1n) is 9.99. The number of nitrogens with zero attached hydrogens (tertiary/aromatic N) is 3. The Bertz CT molecular complexity index is 733. The maximum Gasteiger partial charge on any atom is 0.230 e. The molecule has 2 aromatic rings. The standard InChI is InChI=1S/C21H30N4OS/c1-4-16-5-9-18(10-6-16)23-20(26)13-27-21-24-22-14-25(21)19-11-7-17(8-12-19)15(2)3/h7-8,11-12,14-16,18H,4-6,9-10,13H2,1-3H3,(H,23,26). The quantitative estimate of drug-likeness (QED) is 0.708. The lowest BCUT2D eigenvalue weighted by molar-refractivity contribution is -0.119. The van der Waals surface area contributed by atoms with Gasteiger partial charge in [0.2, 0.25) is 5.91 Å². The van der Waals surface area contributed by atoms with E-state index in [1.165, 1.54) is 36.6 Å². The van der Waals surface area contributed by atoms with Gasteiger partial charge in [-0.2, -0.15) is 0 Å². The number of carbonyl (C=O) groups is 1. The molecule has 0 radical (unpaired) electrons. The van der Waals surface area contributed by atoms with Crippen LogP contribution in [0.15, 0.2) is 35.7 Å². The van der Waals surface area contributed by atoms with Crippen LogP contribution in [0.2, 0.25) is 0 Å². The Hall–Kier alpha value is -1.82. The molecule has 1 aromatic carbocycles. The van der Waals surface area contributed by atoms with Crippen LogP contribution in [0.1, 0.15) is 64.4 Å². The zero-order chi connectivity index (χ0) is 19.2. The summed E-state index contributed by atoms with van der Waals surface area (Å²) in [6, 6.07) is 8.76. The number of hydrogen-bond donors (Lipinski definition) is 1. The Kier molecular flexibility index (Phi) is 6.94. The zero-order valence-corrected chi connectivity index (χ0v) is 17.3. The maximum absolute atomic E-state index is 12.3. The Balaban J connectivity index is 1.53. The molecule has 6 heteroatoms. The summed E-state index contributed by atoms with van der Waals surface area (Å²) < 4.78 is 1.94. The van der Waals surface area contributed by atoms with Crippen LogP contribution in [-0.2, 0) is 4.79 Å². The Labute approximate surface area is 166 Å². The van der Waals surface area contributed by atoms with Crippen molar-refractivity contribution in [3.05, 3.63) is 36.2 Å².